The Balaban J connectivity index is 1.81. The highest BCUT2D eigenvalue weighted by molar-refractivity contribution is 5.18. The number of hydrogen-bond acceptors (Lipinski definition) is 4. The van der Waals surface area contributed by atoms with Crippen molar-refractivity contribution >= 4 is 0 Å². The lowest BCUT2D eigenvalue weighted by molar-refractivity contribution is -0.000752. The number of nitrogens with zero attached hydrogens (tertiary/aromatic N) is 1. The average molecular weight is 208 g/mol. The van der Waals surface area contributed by atoms with Crippen LogP contribution < -0.4 is 10.1 Å². The molecule has 0 bridgehead atoms. The number of rotatable bonds is 3. The first-order valence-electron chi connectivity index (χ1n) is 5.22. The molecule has 4 nitrogen and oxygen atoms in total. The van der Waals surface area contributed by atoms with Crippen LogP contribution in [0, 0.1) is 6.92 Å². The van der Waals surface area contributed by atoms with Crippen LogP contribution >= 0.6 is 0 Å². The molecule has 2 heterocycles. The zero-order valence-electron chi connectivity index (χ0n) is 8.90. The van der Waals surface area contributed by atoms with E-state index in [1.165, 1.54) is 0 Å². The van der Waals surface area contributed by atoms with Crippen molar-refractivity contribution in [2.45, 2.75) is 13.0 Å². The van der Waals surface area contributed by atoms with E-state index in [1.807, 2.05) is 19.1 Å². The van der Waals surface area contributed by atoms with Crippen molar-refractivity contribution in [2.24, 2.45) is 0 Å². The molecular weight excluding hydrogens is 192 g/mol. The molecule has 1 aromatic heterocycles. The Morgan fingerprint density at radius 3 is 3.33 bits per heavy atom. The van der Waals surface area contributed by atoms with Crippen LogP contribution in [0.25, 0.3) is 0 Å². The van der Waals surface area contributed by atoms with Gasteiger partial charge in [-0.25, -0.2) is 4.98 Å². The molecule has 2 rings (SSSR count). The van der Waals surface area contributed by atoms with Crippen LogP contribution in [0.15, 0.2) is 18.3 Å². The molecule has 1 unspecified atom stereocenters. The van der Waals surface area contributed by atoms with Crippen molar-refractivity contribution in [2.75, 3.05) is 26.3 Å². The van der Waals surface area contributed by atoms with Gasteiger partial charge in [0.25, 0.3) is 0 Å². The lowest BCUT2D eigenvalue weighted by atomic mass is 10.3. The zero-order valence-corrected chi connectivity index (χ0v) is 8.90. The lowest BCUT2D eigenvalue weighted by Crippen LogP contribution is -2.41. The van der Waals surface area contributed by atoms with E-state index < -0.39 is 0 Å². The van der Waals surface area contributed by atoms with Crippen molar-refractivity contribution in [1.29, 1.82) is 0 Å². The van der Waals surface area contributed by atoms with E-state index in [-0.39, 0.29) is 6.10 Å². The highest BCUT2D eigenvalue weighted by Crippen LogP contribution is 2.09. The van der Waals surface area contributed by atoms with Crippen LogP contribution in [0.2, 0.25) is 0 Å². The summed E-state index contributed by atoms with van der Waals surface area (Å²) in [6.07, 6.45) is 1.89. The molecule has 0 radical (unpaired) electrons. The van der Waals surface area contributed by atoms with Crippen molar-refractivity contribution in [3.8, 4) is 5.88 Å². The third-order valence-electron chi connectivity index (χ3n) is 2.31. The van der Waals surface area contributed by atoms with Crippen molar-refractivity contribution in [1.82, 2.24) is 10.3 Å². The van der Waals surface area contributed by atoms with Crippen LogP contribution in [0.4, 0.5) is 0 Å². The monoisotopic (exact) mass is 208 g/mol. The summed E-state index contributed by atoms with van der Waals surface area (Å²) in [4.78, 5) is 4.13. The number of ether oxygens (including phenoxy) is 2. The first kappa shape index (κ1) is 10.4. The Morgan fingerprint density at radius 2 is 2.60 bits per heavy atom. The van der Waals surface area contributed by atoms with Gasteiger partial charge in [0.05, 0.1) is 6.61 Å². The molecule has 15 heavy (non-hydrogen) atoms. The Morgan fingerprint density at radius 1 is 1.67 bits per heavy atom. The maximum atomic E-state index is 5.55. The third-order valence-corrected chi connectivity index (χ3v) is 2.31. The smallest absolute Gasteiger partial charge is 0.213 e. The number of hydrogen-bond donors (Lipinski definition) is 1. The van der Waals surface area contributed by atoms with Crippen LogP contribution in [-0.2, 0) is 4.74 Å². The van der Waals surface area contributed by atoms with Gasteiger partial charge in [-0.1, -0.05) is 0 Å². The van der Waals surface area contributed by atoms with E-state index in [0.29, 0.717) is 12.5 Å². The van der Waals surface area contributed by atoms with Crippen molar-refractivity contribution < 1.29 is 9.47 Å². The van der Waals surface area contributed by atoms with E-state index >= 15 is 0 Å². The minimum absolute atomic E-state index is 0.140. The molecule has 0 aromatic carbocycles. The van der Waals surface area contributed by atoms with Crippen LogP contribution in [0.3, 0.4) is 0 Å². The predicted molar refractivity (Wildman–Crippen MR) is 57.1 cm³/mol. The van der Waals surface area contributed by atoms with Gasteiger partial charge in [-0.05, 0) is 18.6 Å². The molecule has 1 aliphatic heterocycles. The van der Waals surface area contributed by atoms with Gasteiger partial charge in [-0.3, -0.25) is 0 Å². The van der Waals surface area contributed by atoms with E-state index in [0.717, 1.165) is 25.3 Å². The quantitative estimate of drug-likeness (QED) is 0.796. The summed E-state index contributed by atoms with van der Waals surface area (Å²) in [6.45, 7) is 5.12. The minimum Gasteiger partial charge on any atom is -0.475 e. The van der Waals surface area contributed by atoms with E-state index in [9.17, 15) is 0 Å². The maximum absolute atomic E-state index is 5.55. The number of nitrogens with one attached hydrogen (secondary N) is 1. The van der Waals surface area contributed by atoms with Gasteiger partial charge in [0, 0.05) is 25.4 Å². The molecule has 1 N–H and O–H groups in total. The van der Waals surface area contributed by atoms with Crippen LogP contribution in [0.5, 0.6) is 5.88 Å². The summed E-state index contributed by atoms with van der Waals surface area (Å²) >= 11 is 0. The Labute approximate surface area is 89.6 Å². The molecule has 4 heteroatoms. The Hall–Kier alpha value is -1.13. The molecule has 0 saturated carbocycles. The summed E-state index contributed by atoms with van der Waals surface area (Å²) in [6, 6.07) is 3.88. The number of pyridine rings is 1. The standard InChI is InChI=1S/C11H16N2O2/c1-9-2-3-13-11(6-9)15-8-10-7-12-4-5-14-10/h2-3,6,10,12H,4-5,7-8H2,1H3. The highest BCUT2D eigenvalue weighted by atomic mass is 16.5. The van der Waals surface area contributed by atoms with Gasteiger partial charge in [0.2, 0.25) is 5.88 Å². The van der Waals surface area contributed by atoms with Crippen molar-refractivity contribution in [3.63, 3.8) is 0 Å². The molecule has 1 fully saturated rings. The van der Waals surface area contributed by atoms with Gasteiger partial charge < -0.3 is 14.8 Å². The van der Waals surface area contributed by atoms with E-state index in [4.69, 9.17) is 9.47 Å². The molecule has 0 amide bonds. The van der Waals surface area contributed by atoms with Gasteiger partial charge in [0.15, 0.2) is 0 Å². The van der Waals surface area contributed by atoms with Crippen LogP contribution in [-0.4, -0.2) is 37.4 Å². The molecule has 0 spiro atoms. The van der Waals surface area contributed by atoms with Gasteiger partial charge in [0.1, 0.15) is 12.7 Å². The lowest BCUT2D eigenvalue weighted by Gasteiger charge is -2.23. The normalized spacial score (nSPS) is 21.3. The van der Waals surface area contributed by atoms with Crippen molar-refractivity contribution in [3.05, 3.63) is 23.9 Å². The Kier molecular flexibility index (Phi) is 3.53. The molecule has 1 saturated heterocycles. The fourth-order valence-electron chi connectivity index (χ4n) is 1.49. The average Bonchev–Trinajstić information content (AvgIpc) is 2.28. The summed E-state index contributed by atoms with van der Waals surface area (Å²) in [5, 5.41) is 3.26. The van der Waals surface area contributed by atoms with Crippen LogP contribution in [0.1, 0.15) is 5.56 Å². The highest BCUT2D eigenvalue weighted by Gasteiger charge is 2.13. The topological polar surface area (TPSA) is 43.4 Å². The zero-order chi connectivity index (χ0) is 10.5. The second-order valence-corrected chi connectivity index (χ2v) is 3.68. The molecular formula is C11H16N2O2. The molecule has 1 aliphatic rings. The summed E-state index contributed by atoms with van der Waals surface area (Å²) in [7, 11) is 0. The maximum Gasteiger partial charge on any atom is 0.213 e. The fourth-order valence-corrected chi connectivity index (χ4v) is 1.49. The Bertz CT molecular complexity index is 311. The predicted octanol–water partition coefficient (Wildman–Crippen LogP) is 0.757. The first-order chi connectivity index (χ1) is 7.34. The second kappa shape index (κ2) is 5.09. The molecule has 1 atom stereocenters. The third kappa shape index (κ3) is 3.18. The van der Waals surface area contributed by atoms with Gasteiger partial charge in [-0.2, -0.15) is 0 Å². The molecule has 1 aromatic rings. The van der Waals surface area contributed by atoms with Gasteiger partial charge in [-0.15, -0.1) is 0 Å². The SMILES string of the molecule is Cc1ccnc(OCC2CNCCO2)c1. The number of aryl methyl sites for hydroxylation is 1. The number of morpholine rings is 1. The minimum atomic E-state index is 0.140. The summed E-state index contributed by atoms with van der Waals surface area (Å²) < 4.78 is 11.1. The summed E-state index contributed by atoms with van der Waals surface area (Å²) in [5.41, 5.74) is 1.16. The van der Waals surface area contributed by atoms with E-state index in [1.54, 1.807) is 6.20 Å². The molecule has 0 aliphatic carbocycles. The summed E-state index contributed by atoms with van der Waals surface area (Å²) in [5.74, 6) is 0.671. The molecule has 82 valence electrons. The second-order valence-electron chi connectivity index (χ2n) is 3.68. The number of aromatic nitrogens is 1. The largest absolute Gasteiger partial charge is 0.475 e. The fraction of sp³-hybridized carbons (Fsp3) is 0.545. The first-order valence-corrected chi connectivity index (χ1v) is 5.22. The van der Waals surface area contributed by atoms with Gasteiger partial charge >= 0.3 is 0 Å². The van der Waals surface area contributed by atoms with E-state index in [2.05, 4.69) is 10.3 Å².